The summed E-state index contributed by atoms with van der Waals surface area (Å²) in [6, 6.07) is 6.05. The summed E-state index contributed by atoms with van der Waals surface area (Å²) in [5, 5.41) is 9.32. The van der Waals surface area contributed by atoms with Gasteiger partial charge < -0.3 is 19.1 Å². The lowest BCUT2D eigenvalue weighted by atomic mass is 10.0. The van der Waals surface area contributed by atoms with Crippen molar-refractivity contribution in [2.75, 3.05) is 19.7 Å². The number of rotatable bonds is 3. The summed E-state index contributed by atoms with van der Waals surface area (Å²) in [5.41, 5.74) is 5.88. The molecule has 0 saturated carbocycles. The molecule has 3 aromatic rings. The molecular formula is C20H21BrN4O3. The maximum atomic E-state index is 11.4. The molecule has 1 atom stereocenters. The fraction of sp³-hybridized carbons (Fsp3) is 0.350. The smallest absolute Gasteiger partial charge is 0.407 e. The number of ether oxygens (including phenoxy) is 1. The fourth-order valence-electron chi connectivity index (χ4n) is 3.61. The van der Waals surface area contributed by atoms with Gasteiger partial charge in [-0.3, -0.25) is 0 Å². The highest BCUT2D eigenvalue weighted by atomic mass is 79.9. The van der Waals surface area contributed by atoms with Crippen LogP contribution in [0.5, 0.6) is 0 Å². The van der Waals surface area contributed by atoms with Crippen molar-refractivity contribution in [3.63, 3.8) is 0 Å². The number of carbonyl (C=O) groups is 1. The first-order valence-electron chi connectivity index (χ1n) is 9.12. The summed E-state index contributed by atoms with van der Waals surface area (Å²) in [4.78, 5) is 22.0. The zero-order chi connectivity index (χ0) is 19.8. The van der Waals surface area contributed by atoms with Crippen molar-refractivity contribution < 1.29 is 14.6 Å². The molecule has 28 heavy (non-hydrogen) atoms. The minimum atomic E-state index is -0.907. The molecule has 0 spiro atoms. The summed E-state index contributed by atoms with van der Waals surface area (Å²) >= 11 is 3.41. The van der Waals surface area contributed by atoms with Gasteiger partial charge in [-0.2, -0.15) is 0 Å². The Hall–Kier alpha value is -2.45. The molecule has 0 aromatic carbocycles. The van der Waals surface area contributed by atoms with E-state index in [0.717, 1.165) is 38.3 Å². The van der Waals surface area contributed by atoms with Gasteiger partial charge in [-0.1, -0.05) is 0 Å². The van der Waals surface area contributed by atoms with E-state index in [2.05, 4.69) is 25.3 Å². The van der Waals surface area contributed by atoms with Crippen LogP contribution in [0.15, 0.2) is 35.2 Å². The molecule has 8 heteroatoms. The van der Waals surface area contributed by atoms with Gasteiger partial charge in [-0.05, 0) is 59.1 Å². The Labute approximate surface area is 171 Å². The standard InChI is InChI=1S/C20H21BrN4O3/c1-12-3-4-25-16(9-14-11-24(20(26)27)5-6-28-14)19(23-18(25)7-12)15-10-22-17(21)8-13(15)2/h3-4,7-8,10,14H,5-6,9,11H2,1-2H3,(H,26,27)/t14-/m0/s1. The molecule has 0 radical (unpaired) electrons. The van der Waals surface area contributed by atoms with Crippen molar-refractivity contribution >= 4 is 27.7 Å². The largest absolute Gasteiger partial charge is 0.465 e. The molecule has 0 aliphatic carbocycles. The van der Waals surface area contributed by atoms with Gasteiger partial charge in [0.25, 0.3) is 0 Å². The van der Waals surface area contributed by atoms with Crippen LogP contribution in [0.3, 0.4) is 0 Å². The Morgan fingerprint density at radius 3 is 2.96 bits per heavy atom. The van der Waals surface area contributed by atoms with E-state index in [1.807, 2.05) is 44.4 Å². The quantitative estimate of drug-likeness (QED) is 0.622. The van der Waals surface area contributed by atoms with Crippen molar-refractivity contribution in [3.8, 4) is 11.3 Å². The number of nitrogens with zero attached hydrogens (tertiary/aromatic N) is 4. The number of amides is 1. The van der Waals surface area contributed by atoms with E-state index >= 15 is 0 Å². The first kappa shape index (κ1) is 18.9. The predicted octanol–water partition coefficient (Wildman–Crippen LogP) is 3.70. The number of fused-ring (bicyclic) bond motifs is 1. The van der Waals surface area contributed by atoms with Crippen LogP contribution in [0, 0.1) is 13.8 Å². The van der Waals surface area contributed by atoms with E-state index in [1.165, 1.54) is 4.90 Å². The van der Waals surface area contributed by atoms with Gasteiger partial charge in [0.05, 0.1) is 30.6 Å². The summed E-state index contributed by atoms with van der Waals surface area (Å²) in [6.07, 6.45) is 3.28. The molecule has 1 N–H and O–H groups in total. The van der Waals surface area contributed by atoms with Gasteiger partial charge in [-0.15, -0.1) is 0 Å². The Kier molecular flexibility index (Phi) is 5.07. The van der Waals surface area contributed by atoms with E-state index in [1.54, 1.807) is 0 Å². The van der Waals surface area contributed by atoms with Crippen molar-refractivity contribution in [2.45, 2.75) is 26.4 Å². The van der Waals surface area contributed by atoms with E-state index in [-0.39, 0.29) is 6.10 Å². The maximum absolute atomic E-state index is 11.4. The summed E-state index contributed by atoms with van der Waals surface area (Å²) in [5.74, 6) is 0. The first-order valence-corrected chi connectivity index (χ1v) is 9.91. The van der Waals surface area contributed by atoms with Gasteiger partial charge in [0.2, 0.25) is 0 Å². The SMILES string of the molecule is Cc1ccn2c(C[C@H]3CN(C(=O)O)CCO3)c(-c3cnc(Br)cc3C)nc2c1. The number of aromatic nitrogens is 3. The number of pyridine rings is 2. The first-order chi connectivity index (χ1) is 13.4. The average molecular weight is 445 g/mol. The third-order valence-electron chi connectivity index (χ3n) is 5.04. The Balaban J connectivity index is 1.78. The Morgan fingerprint density at radius 2 is 2.21 bits per heavy atom. The second kappa shape index (κ2) is 7.52. The average Bonchev–Trinajstić information content (AvgIpc) is 2.99. The van der Waals surface area contributed by atoms with Gasteiger partial charge in [-0.25, -0.2) is 14.8 Å². The van der Waals surface area contributed by atoms with Gasteiger partial charge >= 0.3 is 6.09 Å². The van der Waals surface area contributed by atoms with Crippen LogP contribution in [-0.2, 0) is 11.2 Å². The second-order valence-electron chi connectivity index (χ2n) is 7.09. The van der Waals surface area contributed by atoms with E-state index in [0.29, 0.717) is 26.1 Å². The third-order valence-corrected chi connectivity index (χ3v) is 5.48. The maximum Gasteiger partial charge on any atom is 0.407 e. The zero-order valence-electron chi connectivity index (χ0n) is 15.7. The Morgan fingerprint density at radius 1 is 1.39 bits per heavy atom. The minimum absolute atomic E-state index is 0.214. The number of morpholine rings is 1. The molecule has 4 heterocycles. The summed E-state index contributed by atoms with van der Waals surface area (Å²) < 4.78 is 8.72. The summed E-state index contributed by atoms with van der Waals surface area (Å²) in [6.45, 7) is 5.23. The van der Waals surface area contributed by atoms with E-state index < -0.39 is 6.09 Å². The molecule has 1 fully saturated rings. The number of imidazole rings is 1. The van der Waals surface area contributed by atoms with Crippen molar-refractivity contribution in [2.24, 2.45) is 0 Å². The fourth-order valence-corrected chi connectivity index (χ4v) is 4.06. The second-order valence-corrected chi connectivity index (χ2v) is 7.90. The molecule has 1 saturated heterocycles. The van der Waals surface area contributed by atoms with Gasteiger partial charge in [0, 0.05) is 30.9 Å². The summed E-state index contributed by atoms with van der Waals surface area (Å²) in [7, 11) is 0. The third kappa shape index (κ3) is 3.62. The monoisotopic (exact) mass is 444 g/mol. The van der Waals surface area contributed by atoms with Crippen LogP contribution in [0.25, 0.3) is 16.9 Å². The van der Waals surface area contributed by atoms with Gasteiger partial charge in [0.1, 0.15) is 10.3 Å². The van der Waals surface area contributed by atoms with E-state index in [9.17, 15) is 9.90 Å². The molecule has 3 aromatic heterocycles. The zero-order valence-corrected chi connectivity index (χ0v) is 17.3. The van der Waals surface area contributed by atoms with Crippen molar-refractivity contribution in [3.05, 3.63) is 52.0 Å². The predicted molar refractivity (Wildman–Crippen MR) is 109 cm³/mol. The molecule has 146 valence electrons. The molecule has 4 rings (SSSR count). The number of hydrogen-bond donors (Lipinski definition) is 1. The lowest BCUT2D eigenvalue weighted by molar-refractivity contribution is -0.0214. The molecule has 7 nitrogen and oxygen atoms in total. The lowest BCUT2D eigenvalue weighted by Crippen LogP contribution is -2.45. The highest BCUT2D eigenvalue weighted by Gasteiger charge is 2.27. The normalized spacial score (nSPS) is 17.2. The number of hydrogen-bond acceptors (Lipinski definition) is 4. The van der Waals surface area contributed by atoms with Crippen LogP contribution < -0.4 is 0 Å². The van der Waals surface area contributed by atoms with Crippen LogP contribution >= 0.6 is 15.9 Å². The van der Waals surface area contributed by atoms with Crippen LogP contribution in [0.2, 0.25) is 0 Å². The number of carboxylic acid groups (broad SMARTS) is 1. The molecule has 1 amide bonds. The highest BCUT2D eigenvalue weighted by molar-refractivity contribution is 9.10. The molecule has 1 aliphatic rings. The highest BCUT2D eigenvalue weighted by Crippen LogP contribution is 2.30. The minimum Gasteiger partial charge on any atom is -0.465 e. The van der Waals surface area contributed by atoms with E-state index in [4.69, 9.17) is 9.72 Å². The van der Waals surface area contributed by atoms with Crippen LogP contribution in [0.1, 0.15) is 16.8 Å². The number of halogens is 1. The molecule has 0 unspecified atom stereocenters. The number of aryl methyl sites for hydroxylation is 2. The Bertz CT molecular complexity index is 1050. The molecular weight excluding hydrogens is 424 g/mol. The van der Waals surface area contributed by atoms with Crippen molar-refractivity contribution in [1.82, 2.24) is 19.3 Å². The van der Waals surface area contributed by atoms with Crippen molar-refractivity contribution in [1.29, 1.82) is 0 Å². The lowest BCUT2D eigenvalue weighted by Gasteiger charge is -2.31. The van der Waals surface area contributed by atoms with Crippen LogP contribution in [0.4, 0.5) is 4.79 Å². The molecule has 1 aliphatic heterocycles. The topological polar surface area (TPSA) is 80.0 Å². The van der Waals surface area contributed by atoms with Crippen LogP contribution in [-0.4, -0.2) is 56.3 Å². The van der Waals surface area contributed by atoms with Gasteiger partial charge in [0.15, 0.2) is 0 Å². The molecule has 0 bridgehead atoms.